The maximum Gasteiger partial charge on any atom is 0.265 e. The minimum Gasteiger partial charge on any atom is -0.319 e. The molecule has 2 aromatic rings. The van der Waals surface area contributed by atoms with Gasteiger partial charge in [-0.15, -0.1) is 11.3 Å². The third-order valence-electron chi connectivity index (χ3n) is 2.13. The molecule has 1 aromatic carbocycles. The van der Waals surface area contributed by atoms with Crippen molar-refractivity contribution in [3.05, 3.63) is 44.6 Å². The van der Waals surface area contributed by atoms with Crippen LogP contribution < -0.4 is 10.8 Å². The molecular formula is C11H5BBrF2NOS. The van der Waals surface area contributed by atoms with Crippen molar-refractivity contribution in [3.63, 3.8) is 0 Å². The molecule has 7 heteroatoms. The second-order valence-corrected chi connectivity index (χ2v) is 5.87. The minimum absolute atomic E-state index is 0.240. The molecule has 0 atom stereocenters. The Hall–Kier alpha value is -1.21. The molecule has 1 aromatic heterocycles. The van der Waals surface area contributed by atoms with Crippen molar-refractivity contribution in [3.8, 4) is 0 Å². The highest BCUT2D eigenvalue weighted by Gasteiger charge is 2.13. The molecule has 0 bridgehead atoms. The van der Waals surface area contributed by atoms with Crippen LogP contribution in [0.2, 0.25) is 0 Å². The van der Waals surface area contributed by atoms with Gasteiger partial charge in [0.2, 0.25) is 0 Å². The molecule has 0 fully saturated rings. The number of rotatable bonds is 2. The van der Waals surface area contributed by atoms with Gasteiger partial charge in [0, 0.05) is 0 Å². The Kier molecular flexibility index (Phi) is 3.82. The van der Waals surface area contributed by atoms with E-state index in [1.54, 1.807) is 12.1 Å². The number of benzene rings is 1. The molecule has 0 aliphatic rings. The smallest absolute Gasteiger partial charge is 0.265 e. The fourth-order valence-corrected chi connectivity index (χ4v) is 2.56. The molecule has 0 spiro atoms. The van der Waals surface area contributed by atoms with E-state index < -0.39 is 17.5 Å². The summed E-state index contributed by atoms with van der Waals surface area (Å²) < 4.78 is 27.4. The van der Waals surface area contributed by atoms with E-state index in [0.717, 1.165) is 15.9 Å². The van der Waals surface area contributed by atoms with Crippen LogP contribution in [-0.4, -0.2) is 13.8 Å². The summed E-state index contributed by atoms with van der Waals surface area (Å²) in [6.07, 6.45) is 0. The number of hydrogen-bond donors (Lipinski definition) is 1. The Bertz CT molecular complexity index is 617. The average Bonchev–Trinajstić information content (AvgIpc) is 2.73. The number of nitrogens with one attached hydrogen (secondary N) is 1. The summed E-state index contributed by atoms with van der Waals surface area (Å²) in [7, 11) is 5.20. The number of halogens is 3. The van der Waals surface area contributed by atoms with Gasteiger partial charge >= 0.3 is 0 Å². The minimum atomic E-state index is -0.780. The molecule has 90 valence electrons. The highest BCUT2D eigenvalue weighted by Crippen LogP contribution is 2.23. The summed E-state index contributed by atoms with van der Waals surface area (Å²) in [5.41, 5.74) is -0.541. The van der Waals surface area contributed by atoms with Crippen LogP contribution in [0.5, 0.6) is 0 Å². The predicted octanol–water partition coefficient (Wildman–Crippen LogP) is 2.83. The predicted molar refractivity (Wildman–Crippen MR) is 71.7 cm³/mol. The molecule has 0 saturated carbocycles. The third kappa shape index (κ3) is 2.79. The van der Waals surface area contributed by atoms with Gasteiger partial charge in [0.05, 0.1) is 14.4 Å². The van der Waals surface area contributed by atoms with Gasteiger partial charge in [0.25, 0.3) is 5.91 Å². The molecular weight excluding hydrogens is 323 g/mol. The van der Waals surface area contributed by atoms with Crippen LogP contribution in [0.3, 0.4) is 0 Å². The molecule has 18 heavy (non-hydrogen) atoms. The largest absolute Gasteiger partial charge is 0.319 e. The van der Waals surface area contributed by atoms with Crippen molar-refractivity contribution < 1.29 is 13.6 Å². The molecule has 0 aliphatic carbocycles. The molecule has 0 saturated heterocycles. The normalized spacial score (nSPS) is 10.4. The summed E-state index contributed by atoms with van der Waals surface area (Å²) in [5.74, 6) is -2.06. The maximum atomic E-state index is 13.4. The second kappa shape index (κ2) is 5.20. The molecule has 1 N–H and O–H groups in total. The van der Waals surface area contributed by atoms with Gasteiger partial charge in [0.1, 0.15) is 19.5 Å². The highest BCUT2D eigenvalue weighted by molar-refractivity contribution is 9.11. The first-order valence-electron chi connectivity index (χ1n) is 4.78. The molecule has 0 aliphatic heterocycles. The monoisotopic (exact) mass is 327 g/mol. The summed E-state index contributed by atoms with van der Waals surface area (Å²) in [6.45, 7) is 0. The van der Waals surface area contributed by atoms with Crippen LogP contribution in [0.1, 0.15) is 9.67 Å². The molecule has 2 nitrogen and oxygen atoms in total. The number of amides is 1. The zero-order valence-corrected chi connectivity index (χ0v) is 11.2. The lowest BCUT2D eigenvalue weighted by molar-refractivity contribution is 0.103. The Morgan fingerprint density at radius 2 is 2.00 bits per heavy atom. The Balaban J connectivity index is 2.24. The summed E-state index contributed by atoms with van der Waals surface area (Å²) in [5, 5.41) is 2.29. The molecule has 1 amide bonds. The Morgan fingerprint density at radius 1 is 1.28 bits per heavy atom. The fourth-order valence-electron chi connectivity index (χ4n) is 1.28. The van der Waals surface area contributed by atoms with E-state index in [-0.39, 0.29) is 11.2 Å². The van der Waals surface area contributed by atoms with Crippen molar-refractivity contribution in [2.24, 2.45) is 0 Å². The highest BCUT2D eigenvalue weighted by atomic mass is 79.9. The quantitative estimate of drug-likeness (QED) is 0.844. The molecule has 0 unspecified atom stereocenters. The first kappa shape index (κ1) is 13.2. The van der Waals surface area contributed by atoms with Gasteiger partial charge in [0.15, 0.2) is 0 Å². The van der Waals surface area contributed by atoms with Crippen molar-refractivity contribution in [1.29, 1.82) is 0 Å². The summed E-state index contributed by atoms with van der Waals surface area (Å²) in [4.78, 5) is 12.1. The molecule has 1 heterocycles. The lowest BCUT2D eigenvalue weighted by Gasteiger charge is -2.06. The van der Waals surface area contributed by atoms with Gasteiger partial charge < -0.3 is 5.32 Å². The number of carbonyl (C=O) groups is 1. The standard InChI is InChI=1S/C11H5BBrF2NOS/c12-5-3-7(15)8(4-6(5)14)16-11(17)9-1-2-10(13)18-9/h1-4H,(H,16,17). The van der Waals surface area contributed by atoms with Crippen LogP contribution in [0, 0.1) is 11.6 Å². The topological polar surface area (TPSA) is 29.1 Å². The van der Waals surface area contributed by atoms with Crippen LogP contribution in [0.15, 0.2) is 28.1 Å². The fraction of sp³-hybridized carbons (Fsp3) is 0. The zero-order valence-electron chi connectivity index (χ0n) is 8.84. The Morgan fingerprint density at radius 3 is 2.61 bits per heavy atom. The first-order chi connectivity index (χ1) is 8.47. The van der Waals surface area contributed by atoms with E-state index >= 15 is 0 Å². The van der Waals surface area contributed by atoms with Gasteiger partial charge in [-0.3, -0.25) is 4.79 Å². The maximum absolute atomic E-state index is 13.4. The lowest BCUT2D eigenvalue weighted by atomic mass is 9.95. The summed E-state index contributed by atoms with van der Waals surface area (Å²) >= 11 is 4.40. The lowest BCUT2D eigenvalue weighted by Crippen LogP contribution is -2.15. The van der Waals surface area contributed by atoms with Crippen molar-refractivity contribution in [2.45, 2.75) is 0 Å². The number of thiophene rings is 1. The van der Waals surface area contributed by atoms with E-state index in [1.807, 2.05) is 0 Å². The molecule has 2 radical (unpaired) electrons. The van der Waals surface area contributed by atoms with Gasteiger partial charge in [-0.1, -0.05) is 5.46 Å². The Labute approximate surface area is 116 Å². The van der Waals surface area contributed by atoms with Gasteiger partial charge in [-0.05, 0) is 40.2 Å². The number of carbonyl (C=O) groups excluding carboxylic acids is 1. The first-order valence-corrected chi connectivity index (χ1v) is 6.39. The average molecular weight is 328 g/mol. The SMILES string of the molecule is [B]c1cc(F)c(NC(=O)c2ccc(Br)s2)cc1F. The van der Waals surface area contributed by atoms with E-state index in [9.17, 15) is 13.6 Å². The van der Waals surface area contributed by atoms with Gasteiger partial charge in [-0.25, -0.2) is 8.78 Å². The van der Waals surface area contributed by atoms with E-state index in [2.05, 4.69) is 21.2 Å². The number of hydrogen-bond acceptors (Lipinski definition) is 2. The van der Waals surface area contributed by atoms with Crippen molar-refractivity contribution >= 4 is 52.2 Å². The van der Waals surface area contributed by atoms with Crippen LogP contribution in [0.4, 0.5) is 14.5 Å². The summed E-state index contributed by atoms with van der Waals surface area (Å²) in [6, 6.07) is 4.95. The number of anilines is 1. The van der Waals surface area contributed by atoms with Crippen LogP contribution >= 0.6 is 27.3 Å². The van der Waals surface area contributed by atoms with E-state index in [4.69, 9.17) is 7.85 Å². The van der Waals surface area contributed by atoms with Crippen LogP contribution in [-0.2, 0) is 0 Å². The van der Waals surface area contributed by atoms with E-state index in [1.165, 1.54) is 11.3 Å². The van der Waals surface area contributed by atoms with Gasteiger partial charge in [-0.2, -0.15) is 0 Å². The third-order valence-corrected chi connectivity index (χ3v) is 3.75. The van der Waals surface area contributed by atoms with Crippen LogP contribution in [0.25, 0.3) is 0 Å². The molecule has 2 rings (SSSR count). The van der Waals surface area contributed by atoms with Crippen molar-refractivity contribution in [2.75, 3.05) is 5.32 Å². The van der Waals surface area contributed by atoms with Crippen molar-refractivity contribution in [1.82, 2.24) is 0 Å². The van der Waals surface area contributed by atoms with E-state index in [0.29, 0.717) is 4.88 Å². The second-order valence-electron chi connectivity index (χ2n) is 3.41. The zero-order chi connectivity index (χ0) is 13.3.